The predicted molar refractivity (Wildman–Crippen MR) is 102 cm³/mol. The molecule has 1 aliphatic rings. The van der Waals surface area contributed by atoms with Crippen LogP contribution in [0.15, 0.2) is 59.7 Å². The summed E-state index contributed by atoms with van der Waals surface area (Å²) in [5, 5.41) is 0. The minimum absolute atomic E-state index is 0.640. The second kappa shape index (κ2) is 8.38. The van der Waals surface area contributed by atoms with E-state index in [0.717, 1.165) is 30.2 Å². The molecule has 0 aliphatic carbocycles. The van der Waals surface area contributed by atoms with Gasteiger partial charge in [-0.05, 0) is 42.7 Å². The van der Waals surface area contributed by atoms with Gasteiger partial charge in [-0.1, -0.05) is 30.3 Å². The predicted octanol–water partition coefficient (Wildman–Crippen LogP) is 4.37. The summed E-state index contributed by atoms with van der Waals surface area (Å²) in [6.45, 7) is 6.84. The molecule has 25 heavy (non-hydrogen) atoms. The van der Waals surface area contributed by atoms with Crippen molar-refractivity contribution in [2.45, 2.75) is 20.4 Å². The first-order valence-corrected chi connectivity index (χ1v) is 8.70. The Bertz CT molecular complexity index is 729. The van der Waals surface area contributed by atoms with E-state index in [9.17, 15) is 0 Å². The van der Waals surface area contributed by atoms with E-state index in [1.807, 2.05) is 38.5 Å². The number of hydrogen-bond donors (Lipinski definition) is 0. The third-order valence-electron chi connectivity index (χ3n) is 3.93. The zero-order valence-corrected chi connectivity index (χ0v) is 14.8. The summed E-state index contributed by atoms with van der Waals surface area (Å²) < 4.78 is 11.3. The zero-order chi connectivity index (χ0) is 17.5. The number of hydrogen-bond acceptors (Lipinski definition) is 4. The molecule has 2 aromatic carbocycles. The summed E-state index contributed by atoms with van der Waals surface area (Å²) in [5.74, 6) is 1.69. The van der Waals surface area contributed by atoms with Crippen LogP contribution < -0.4 is 9.47 Å². The molecule has 3 rings (SSSR count). The van der Waals surface area contributed by atoms with E-state index in [-0.39, 0.29) is 0 Å². The van der Waals surface area contributed by atoms with Crippen LogP contribution in [0.5, 0.6) is 11.5 Å². The minimum Gasteiger partial charge on any atom is -0.494 e. The summed E-state index contributed by atoms with van der Waals surface area (Å²) in [4.78, 5) is 6.60. The molecule has 0 unspecified atom stereocenters. The highest BCUT2D eigenvalue weighted by molar-refractivity contribution is 5.74. The van der Waals surface area contributed by atoms with Crippen LogP contribution in [0.4, 0.5) is 0 Å². The van der Waals surface area contributed by atoms with Crippen molar-refractivity contribution >= 4 is 11.9 Å². The standard InChI is InChI=1S/C21H24N2O2/c1-3-24-20-10-17(11-21(12-20)25-4-2)14-23-15-19(13-22-16-23)18-8-6-5-7-9-18/h5-13,16H,3-4,14-15H2,1-2H3. The maximum atomic E-state index is 5.67. The molecular formula is C21H24N2O2. The van der Waals surface area contributed by atoms with Crippen molar-refractivity contribution in [2.75, 3.05) is 19.8 Å². The topological polar surface area (TPSA) is 34.1 Å². The van der Waals surface area contributed by atoms with Gasteiger partial charge in [0, 0.05) is 25.4 Å². The highest BCUT2D eigenvalue weighted by Crippen LogP contribution is 2.25. The van der Waals surface area contributed by atoms with Crippen molar-refractivity contribution in [1.29, 1.82) is 0 Å². The third-order valence-corrected chi connectivity index (χ3v) is 3.93. The summed E-state index contributed by atoms with van der Waals surface area (Å²) in [6.07, 6.45) is 3.83. The molecule has 2 aromatic rings. The Kier molecular flexibility index (Phi) is 5.73. The molecule has 0 aromatic heterocycles. The summed E-state index contributed by atoms with van der Waals surface area (Å²) in [6, 6.07) is 16.5. The van der Waals surface area contributed by atoms with Gasteiger partial charge in [-0.2, -0.15) is 0 Å². The van der Waals surface area contributed by atoms with E-state index in [1.54, 1.807) is 0 Å². The van der Waals surface area contributed by atoms with Crippen molar-refractivity contribution < 1.29 is 9.47 Å². The monoisotopic (exact) mass is 336 g/mol. The second-order valence-corrected chi connectivity index (χ2v) is 5.87. The van der Waals surface area contributed by atoms with Gasteiger partial charge in [-0.25, -0.2) is 4.99 Å². The molecule has 1 heterocycles. The van der Waals surface area contributed by atoms with E-state index in [2.05, 4.69) is 46.3 Å². The lowest BCUT2D eigenvalue weighted by Gasteiger charge is -2.24. The quantitative estimate of drug-likeness (QED) is 0.753. The molecule has 0 saturated carbocycles. The van der Waals surface area contributed by atoms with E-state index >= 15 is 0 Å². The van der Waals surface area contributed by atoms with Crippen LogP contribution in [0.2, 0.25) is 0 Å². The molecule has 0 saturated heterocycles. The molecule has 130 valence electrons. The van der Waals surface area contributed by atoms with Crippen molar-refractivity contribution in [1.82, 2.24) is 4.90 Å². The average Bonchev–Trinajstić information content (AvgIpc) is 2.63. The van der Waals surface area contributed by atoms with Crippen LogP contribution in [0.1, 0.15) is 25.0 Å². The van der Waals surface area contributed by atoms with E-state index in [0.29, 0.717) is 13.2 Å². The van der Waals surface area contributed by atoms with Crippen LogP contribution in [0, 0.1) is 0 Å². The van der Waals surface area contributed by atoms with Gasteiger partial charge in [-0.15, -0.1) is 0 Å². The number of nitrogens with zero attached hydrogens (tertiary/aromatic N) is 2. The number of aliphatic imine (C=N–C) groups is 1. The Labute approximate surface area is 149 Å². The Morgan fingerprint density at radius 1 is 0.960 bits per heavy atom. The normalized spacial score (nSPS) is 13.5. The summed E-state index contributed by atoms with van der Waals surface area (Å²) >= 11 is 0. The van der Waals surface area contributed by atoms with Crippen LogP contribution in [0.3, 0.4) is 0 Å². The first-order valence-electron chi connectivity index (χ1n) is 8.70. The molecule has 1 aliphatic heterocycles. The van der Waals surface area contributed by atoms with Gasteiger partial charge in [0.05, 0.1) is 19.6 Å². The van der Waals surface area contributed by atoms with Gasteiger partial charge >= 0.3 is 0 Å². The van der Waals surface area contributed by atoms with Gasteiger partial charge in [-0.3, -0.25) is 0 Å². The molecule has 0 radical (unpaired) electrons. The van der Waals surface area contributed by atoms with Gasteiger partial charge in [0.15, 0.2) is 0 Å². The maximum Gasteiger partial charge on any atom is 0.123 e. The summed E-state index contributed by atoms with van der Waals surface area (Å²) in [7, 11) is 0. The van der Waals surface area contributed by atoms with E-state index in [1.165, 1.54) is 11.1 Å². The fourth-order valence-corrected chi connectivity index (χ4v) is 2.89. The van der Waals surface area contributed by atoms with Crippen molar-refractivity contribution in [3.8, 4) is 11.5 Å². The SMILES string of the molecule is CCOc1cc(CN2C=NC=C(c3ccccc3)C2)cc(OCC)c1. The molecule has 0 bridgehead atoms. The second-order valence-electron chi connectivity index (χ2n) is 5.87. The van der Waals surface area contributed by atoms with Gasteiger partial charge in [0.2, 0.25) is 0 Å². The fraction of sp³-hybridized carbons (Fsp3) is 0.286. The molecule has 4 heteroatoms. The van der Waals surface area contributed by atoms with Gasteiger partial charge < -0.3 is 14.4 Å². The van der Waals surface area contributed by atoms with Crippen LogP contribution >= 0.6 is 0 Å². The summed E-state index contributed by atoms with van der Waals surface area (Å²) in [5.41, 5.74) is 3.58. The number of rotatable bonds is 7. The van der Waals surface area contributed by atoms with Crippen LogP contribution in [0.25, 0.3) is 5.57 Å². The molecule has 0 N–H and O–H groups in total. The largest absolute Gasteiger partial charge is 0.494 e. The number of benzene rings is 2. The molecule has 0 amide bonds. The number of ether oxygens (including phenoxy) is 2. The van der Waals surface area contributed by atoms with Crippen molar-refractivity contribution in [2.24, 2.45) is 4.99 Å². The molecular weight excluding hydrogens is 312 g/mol. The molecule has 0 fully saturated rings. The Hall–Kier alpha value is -2.75. The highest BCUT2D eigenvalue weighted by Gasteiger charge is 2.12. The van der Waals surface area contributed by atoms with Crippen molar-refractivity contribution in [3.05, 3.63) is 65.9 Å². The Balaban J connectivity index is 1.74. The minimum atomic E-state index is 0.640. The van der Waals surface area contributed by atoms with E-state index < -0.39 is 0 Å². The molecule has 0 atom stereocenters. The molecule has 4 nitrogen and oxygen atoms in total. The zero-order valence-electron chi connectivity index (χ0n) is 14.8. The van der Waals surface area contributed by atoms with Crippen LogP contribution in [-0.4, -0.2) is 31.0 Å². The van der Waals surface area contributed by atoms with Crippen LogP contribution in [-0.2, 0) is 6.54 Å². The smallest absolute Gasteiger partial charge is 0.123 e. The molecule has 0 spiro atoms. The highest BCUT2D eigenvalue weighted by atomic mass is 16.5. The first kappa shape index (κ1) is 17.1. The fourth-order valence-electron chi connectivity index (χ4n) is 2.89. The lowest BCUT2D eigenvalue weighted by atomic mass is 10.1. The van der Waals surface area contributed by atoms with Gasteiger partial charge in [0.25, 0.3) is 0 Å². The van der Waals surface area contributed by atoms with Gasteiger partial charge in [0.1, 0.15) is 11.5 Å². The Morgan fingerprint density at radius 3 is 2.28 bits per heavy atom. The maximum absolute atomic E-state index is 5.67. The van der Waals surface area contributed by atoms with E-state index in [4.69, 9.17) is 9.47 Å². The average molecular weight is 336 g/mol. The third kappa shape index (κ3) is 4.63. The Morgan fingerprint density at radius 2 is 1.64 bits per heavy atom. The first-order chi connectivity index (χ1) is 12.3. The lowest BCUT2D eigenvalue weighted by molar-refractivity contribution is 0.321. The lowest BCUT2D eigenvalue weighted by Crippen LogP contribution is -2.25. The van der Waals surface area contributed by atoms with Crippen molar-refractivity contribution in [3.63, 3.8) is 0 Å².